The third-order valence-electron chi connectivity index (χ3n) is 4.63. The van der Waals surface area contributed by atoms with Crippen LogP contribution in [0.25, 0.3) is 0 Å². The SMILES string of the molecule is NCCCCCCNC1(c2ccccc2)CCCCC1. The Labute approximate surface area is 124 Å². The summed E-state index contributed by atoms with van der Waals surface area (Å²) in [5.74, 6) is 0. The van der Waals surface area contributed by atoms with E-state index in [0.717, 1.165) is 13.1 Å². The number of hydrogen-bond acceptors (Lipinski definition) is 2. The molecule has 1 aliphatic rings. The minimum atomic E-state index is 0.243. The molecule has 0 aromatic heterocycles. The van der Waals surface area contributed by atoms with Gasteiger partial charge in [-0.25, -0.2) is 0 Å². The summed E-state index contributed by atoms with van der Waals surface area (Å²) >= 11 is 0. The Kier molecular flexibility index (Phi) is 6.55. The molecule has 0 heterocycles. The number of rotatable bonds is 8. The molecule has 3 N–H and O–H groups in total. The molecule has 0 radical (unpaired) electrons. The van der Waals surface area contributed by atoms with E-state index in [1.807, 2.05) is 0 Å². The van der Waals surface area contributed by atoms with Crippen molar-refractivity contribution < 1.29 is 0 Å². The van der Waals surface area contributed by atoms with Gasteiger partial charge >= 0.3 is 0 Å². The highest BCUT2D eigenvalue weighted by molar-refractivity contribution is 5.25. The Balaban J connectivity index is 1.88. The van der Waals surface area contributed by atoms with Crippen molar-refractivity contribution in [2.24, 2.45) is 5.73 Å². The van der Waals surface area contributed by atoms with E-state index in [2.05, 4.69) is 35.6 Å². The Morgan fingerprint density at radius 3 is 2.30 bits per heavy atom. The highest BCUT2D eigenvalue weighted by Gasteiger charge is 2.32. The van der Waals surface area contributed by atoms with Crippen LogP contribution in [0.2, 0.25) is 0 Å². The molecule has 1 aliphatic carbocycles. The third kappa shape index (κ3) is 4.32. The minimum absolute atomic E-state index is 0.243. The van der Waals surface area contributed by atoms with Gasteiger partial charge in [-0.3, -0.25) is 0 Å². The molecule has 0 spiro atoms. The van der Waals surface area contributed by atoms with Gasteiger partial charge in [0.15, 0.2) is 0 Å². The Bertz CT molecular complexity index is 355. The van der Waals surface area contributed by atoms with Gasteiger partial charge in [0.05, 0.1) is 0 Å². The molecular weight excluding hydrogens is 244 g/mol. The molecule has 0 saturated heterocycles. The zero-order chi connectivity index (χ0) is 14.1. The molecule has 0 aliphatic heterocycles. The predicted octanol–water partition coefficient (Wildman–Crippen LogP) is 3.95. The molecule has 112 valence electrons. The van der Waals surface area contributed by atoms with Crippen LogP contribution in [0, 0.1) is 0 Å². The molecule has 20 heavy (non-hydrogen) atoms. The molecule has 1 aromatic rings. The summed E-state index contributed by atoms with van der Waals surface area (Å²) < 4.78 is 0. The third-order valence-corrected chi connectivity index (χ3v) is 4.63. The van der Waals surface area contributed by atoms with E-state index in [4.69, 9.17) is 5.73 Å². The quantitative estimate of drug-likeness (QED) is 0.704. The molecule has 0 atom stereocenters. The first kappa shape index (κ1) is 15.5. The minimum Gasteiger partial charge on any atom is -0.330 e. The Morgan fingerprint density at radius 2 is 1.60 bits per heavy atom. The van der Waals surface area contributed by atoms with Crippen molar-refractivity contribution in [1.82, 2.24) is 5.32 Å². The first-order valence-electron chi connectivity index (χ1n) is 8.38. The van der Waals surface area contributed by atoms with Crippen molar-refractivity contribution in [2.75, 3.05) is 13.1 Å². The standard InChI is InChI=1S/C18H30N2/c19-15-9-1-2-10-16-20-18(13-7-4-8-14-18)17-11-5-3-6-12-17/h3,5-6,11-12,20H,1-2,4,7-10,13-16,19H2. The second-order valence-corrected chi connectivity index (χ2v) is 6.14. The average molecular weight is 274 g/mol. The number of benzene rings is 1. The monoisotopic (exact) mass is 274 g/mol. The summed E-state index contributed by atoms with van der Waals surface area (Å²) in [6, 6.07) is 11.1. The molecule has 0 unspecified atom stereocenters. The van der Waals surface area contributed by atoms with Crippen molar-refractivity contribution >= 4 is 0 Å². The van der Waals surface area contributed by atoms with Crippen LogP contribution < -0.4 is 11.1 Å². The summed E-state index contributed by atoms with van der Waals surface area (Å²) in [7, 11) is 0. The Morgan fingerprint density at radius 1 is 0.900 bits per heavy atom. The zero-order valence-corrected chi connectivity index (χ0v) is 12.7. The van der Waals surface area contributed by atoms with Crippen molar-refractivity contribution in [3.05, 3.63) is 35.9 Å². The van der Waals surface area contributed by atoms with Gasteiger partial charge in [-0.1, -0.05) is 62.4 Å². The van der Waals surface area contributed by atoms with Crippen LogP contribution in [0.5, 0.6) is 0 Å². The maximum Gasteiger partial charge on any atom is 0.0434 e. The smallest absolute Gasteiger partial charge is 0.0434 e. The van der Waals surface area contributed by atoms with E-state index in [-0.39, 0.29) is 5.54 Å². The van der Waals surface area contributed by atoms with Gasteiger partial charge < -0.3 is 11.1 Å². The summed E-state index contributed by atoms with van der Waals surface area (Å²) in [6.07, 6.45) is 11.7. The van der Waals surface area contributed by atoms with Gasteiger partial charge in [0.1, 0.15) is 0 Å². The lowest BCUT2D eigenvalue weighted by Crippen LogP contribution is -2.44. The highest BCUT2D eigenvalue weighted by Crippen LogP contribution is 2.36. The molecule has 2 nitrogen and oxygen atoms in total. The van der Waals surface area contributed by atoms with Crippen LogP contribution in [0.3, 0.4) is 0 Å². The van der Waals surface area contributed by atoms with Crippen molar-refractivity contribution in [2.45, 2.75) is 63.3 Å². The lowest BCUT2D eigenvalue weighted by molar-refractivity contribution is 0.232. The van der Waals surface area contributed by atoms with Gasteiger partial charge in [-0.05, 0) is 44.3 Å². The van der Waals surface area contributed by atoms with Gasteiger partial charge in [0.25, 0.3) is 0 Å². The van der Waals surface area contributed by atoms with E-state index >= 15 is 0 Å². The molecule has 0 bridgehead atoms. The second-order valence-electron chi connectivity index (χ2n) is 6.14. The number of nitrogens with two attached hydrogens (primary N) is 1. The van der Waals surface area contributed by atoms with Gasteiger partial charge in [0, 0.05) is 5.54 Å². The molecule has 1 fully saturated rings. The summed E-state index contributed by atoms with van der Waals surface area (Å²) in [5, 5.41) is 3.90. The average Bonchev–Trinajstić information content (AvgIpc) is 2.52. The van der Waals surface area contributed by atoms with Crippen LogP contribution in [-0.4, -0.2) is 13.1 Å². The van der Waals surface area contributed by atoms with Gasteiger partial charge in [0.2, 0.25) is 0 Å². The van der Waals surface area contributed by atoms with E-state index < -0.39 is 0 Å². The van der Waals surface area contributed by atoms with Crippen LogP contribution in [0.4, 0.5) is 0 Å². The van der Waals surface area contributed by atoms with E-state index in [1.54, 1.807) is 0 Å². The van der Waals surface area contributed by atoms with Crippen molar-refractivity contribution in [3.8, 4) is 0 Å². The predicted molar refractivity (Wildman–Crippen MR) is 86.7 cm³/mol. The largest absolute Gasteiger partial charge is 0.330 e. The van der Waals surface area contributed by atoms with E-state index in [0.29, 0.717) is 0 Å². The Hall–Kier alpha value is -0.860. The van der Waals surface area contributed by atoms with Gasteiger partial charge in [-0.2, -0.15) is 0 Å². The van der Waals surface area contributed by atoms with Crippen LogP contribution in [0.15, 0.2) is 30.3 Å². The lowest BCUT2D eigenvalue weighted by Gasteiger charge is -2.39. The van der Waals surface area contributed by atoms with Crippen LogP contribution >= 0.6 is 0 Å². The number of hydrogen-bond donors (Lipinski definition) is 2. The van der Waals surface area contributed by atoms with Gasteiger partial charge in [-0.15, -0.1) is 0 Å². The normalized spacial score (nSPS) is 18.1. The maximum absolute atomic E-state index is 5.54. The fraction of sp³-hybridized carbons (Fsp3) is 0.667. The summed E-state index contributed by atoms with van der Waals surface area (Å²) in [5.41, 5.74) is 7.27. The number of nitrogens with one attached hydrogen (secondary N) is 1. The first-order valence-corrected chi connectivity index (χ1v) is 8.38. The topological polar surface area (TPSA) is 38.0 Å². The summed E-state index contributed by atoms with van der Waals surface area (Å²) in [6.45, 7) is 1.97. The molecule has 2 heteroatoms. The van der Waals surface area contributed by atoms with Crippen molar-refractivity contribution in [1.29, 1.82) is 0 Å². The fourth-order valence-corrected chi connectivity index (χ4v) is 3.43. The lowest BCUT2D eigenvalue weighted by atomic mass is 9.76. The van der Waals surface area contributed by atoms with Crippen LogP contribution in [0.1, 0.15) is 63.4 Å². The molecule has 0 amide bonds. The van der Waals surface area contributed by atoms with Crippen molar-refractivity contribution in [3.63, 3.8) is 0 Å². The van der Waals surface area contributed by atoms with E-state index in [1.165, 1.54) is 63.4 Å². The molecule has 1 aromatic carbocycles. The molecule has 2 rings (SSSR count). The maximum atomic E-state index is 5.54. The highest BCUT2D eigenvalue weighted by atomic mass is 15.0. The van der Waals surface area contributed by atoms with E-state index in [9.17, 15) is 0 Å². The summed E-state index contributed by atoms with van der Waals surface area (Å²) in [4.78, 5) is 0. The zero-order valence-electron chi connectivity index (χ0n) is 12.7. The number of unbranched alkanes of at least 4 members (excludes halogenated alkanes) is 3. The van der Waals surface area contributed by atoms with Crippen LogP contribution in [-0.2, 0) is 5.54 Å². The second kappa shape index (κ2) is 8.43. The molecular formula is C18H30N2. The first-order chi connectivity index (χ1) is 9.87. The molecule has 1 saturated carbocycles. The fourth-order valence-electron chi connectivity index (χ4n) is 3.43.